The van der Waals surface area contributed by atoms with Gasteiger partial charge in [-0.2, -0.15) is 8.78 Å². The number of ether oxygens (including phenoxy) is 1. The van der Waals surface area contributed by atoms with Gasteiger partial charge in [0.25, 0.3) is 5.76 Å². The van der Waals surface area contributed by atoms with E-state index in [1.807, 2.05) is 0 Å². The number of hydrogen-bond donors (Lipinski definition) is 1. The van der Waals surface area contributed by atoms with Gasteiger partial charge in [0.05, 0.1) is 0 Å². The maximum atomic E-state index is 12.5. The molecule has 8 heteroatoms. The Morgan fingerprint density at radius 2 is 1.92 bits per heavy atom. The first-order chi connectivity index (χ1) is 11.7. The number of thioether (sulfide) groups is 1. The molecule has 0 bridgehead atoms. The number of rotatable bonds is 4. The minimum absolute atomic E-state index is 0.308. The van der Waals surface area contributed by atoms with Crippen molar-refractivity contribution in [2.75, 3.05) is 11.9 Å². The highest BCUT2D eigenvalue weighted by atomic mass is 32.2. The van der Waals surface area contributed by atoms with E-state index in [9.17, 15) is 18.4 Å². The van der Waals surface area contributed by atoms with E-state index in [1.165, 1.54) is 17.0 Å². The van der Waals surface area contributed by atoms with Gasteiger partial charge in [0, 0.05) is 17.1 Å². The zero-order valence-electron chi connectivity index (χ0n) is 14.4. The highest BCUT2D eigenvalue weighted by Crippen LogP contribution is 2.27. The molecule has 2 rings (SSSR count). The van der Waals surface area contributed by atoms with Crippen LogP contribution in [0.2, 0.25) is 0 Å². The molecule has 0 radical (unpaired) electrons. The van der Waals surface area contributed by atoms with Gasteiger partial charge in [-0.15, -0.1) is 0 Å². The first-order valence-corrected chi connectivity index (χ1v) is 8.89. The van der Waals surface area contributed by atoms with Crippen molar-refractivity contribution in [3.8, 4) is 0 Å². The predicted molar refractivity (Wildman–Crippen MR) is 92.9 cm³/mol. The average Bonchev–Trinajstić information content (AvgIpc) is 2.96. The molecule has 1 aromatic carbocycles. The van der Waals surface area contributed by atoms with Gasteiger partial charge in [-0.05, 0) is 57.9 Å². The molecule has 0 saturated carbocycles. The van der Waals surface area contributed by atoms with Crippen LogP contribution in [0, 0.1) is 0 Å². The van der Waals surface area contributed by atoms with Gasteiger partial charge in [0.2, 0.25) is 5.91 Å². The zero-order chi connectivity index (χ0) is 18.6. The highest BCUT2D eigenvalue weighted by molar-refractivity contribution is 7.99. The van der Waals surface area contributed by atoms with Crippen molar-refractivity contribution in [2.45, 2.75) is 55.9 Å². The third-order valence-corrected chi connectivity index (χ3v) is 4.25. The molecule has 1 atom stereocenters. The van der Waals surface area contributed by atoms with Crippen LogP contribution in [-0.2, 0) is 9.53 Å². The van der Waals surface area contributed by atoms with Crippen molar-refractivity contribution in [2.24, 2.45) is 0 Å². The second-order valence-corrected chi connectivity index (χ2v) is 7.79. The molecule has 1 fully saturated rings. The van der Waals surface area contributed by atoms with E-state index in [4.69, 9.17) is 4.74 Å². The monoisotopic (exact) mass is 372 g/mol. The number of benzene rings is 1. The van der Waals surface area contributed by atoms with Crippen LogP contribution in [-0.4, -0.2) is 40.8 Å². The van der Waals surface area contributed by atoms with Crippen LogP contribution >= 0.6 is 11.8 Å². The minimum atomic E-state index is -2.48. The van der Waals surface area contributed by atoms with Crippen molar-refractivity contribution >= 4 is 29.4 Å². The standard InChI is InChI=1S/C17H22F2N2O3S/c1-17(2,3)24-16(23)21-10-4-5-13(21)14(22)20-11-6-8-12(9-7-11)25-15(18)19/h6-9,13,15H,4-5,10H2,1-3H3,(H,20,22)/t13-/m0/s1. The van der Waals surface area contributed by atoms with E-state index in [0.29, 0.717) is 35.3 Å². The number of amides is 2. The summed E-state index contributed by atoms with van der Waals surface area (Å²) in [6.45, 7) is 5.79. The Kier molecular flexibility index (Phi) is 6.26. The van der Waals surface area contributed by atoms with Crippen LogP contribution in [0.1, 0.15) is 33.6 Å². The van der Waals surface area contributed by atoms with E-state index < -0.39 is 23.5 Å². The normalized spacial score (nSPS) is 17.7. The third kappa shape index (κ3) is 5.88. The van der Waals surface area contributed by atoms with Crippen molar-refractivity contribution in [1.29, 1.82) is 0 Å². The van der Waals surface area contributed by atoms with Gasteiger partial charge in [-0.25, -0.2) is 4.79 Å². The Morgan fingerprint density at radius 1 is 1.28 bits per heavy atom. The lowest BCUT2D eigenvalue weighted by molar-refractivity contribution is -0.120. The van der Waals surface area contributed by atoms with E-state index in [2.05, 4.69) is 5.32 Å². The topological polar surface area (TPSA) is 58.6 Å². The first-order valence-electron chi connectivity index (χ1n) is 8.01. The predicted octanol–water partition coefficient (Wildman–Crippen LogP) is 4.34. The van der Waals surface area contributed by atoms with Crippen molar-refractivity contribution in [1.82, 2.24) is 4.90 Å². The Labute approximate surface area is 150 Å². The molecular weight excluding hydrogens is 350 g/mol. The number of carbonyl (C=O) groups excluding carboxylic acids is 2. The van der Waals surface area contributed by atoms with E-state index >= 15 is 0 Å². The second kappa shape index (κ2) is 8.03. The number of nitrogens with zero attached hydrogens (tertiary/aromatic N) is 1. The van der Waals surface area contributed by atoms with Crippen LogP contribution in [0.15, 0.2) is 29.2 Å². The fraction of sp³-hybridized carbons (Fsp3) is 0.529. The Hall–Kier alpha value is -1.83. The van der Waals surface area contributed by atoms with Gasteiger partial charge in [-0.3, -0.25) is 9.69 Å². The molecule has 0 spiro atoms. The second-order valence-electron chi connectivity index (χ2n) is 6.72. The van der Waals surface area contributed by atoms with Gasteiger partial charge >= 0.3 is 6.09 Å². The molecule has 1 aliphatic rings. The Morgan fingerprint density at radius 3 is 2.48 bits per heavy atom. The summed E-state index contributed by atoms with van der Waals surface area (Å²) in [6, 6.07) is 5.58. The van der Waals surface area contributed by atoms with E-state index in [0.717, 1.165) is 6.42 Å². The fourth-order valence-electron chi connectivity index (χ4n) is 2.52. The molecule has 25 heavy (non-hydrogen) atoms. The molecule has 138 valence electrons. The van der Waals surface area contributed by atoms with Crippen LogP contribution in [0.3, 0.4) is 0 Å². The molecular formula is C17H22F2N2O3S. The Bertz CT molecular complexity index is 617. The maximum Gasteiger partial charge on any atom is 0.410 e. The SMILES string of the molecule is CC(C)(C)OC(=O)N1CCC[C@H]1C(=O)Nc1ccc(SC(F)F)cc1. The van der Waals surface area contributed by atoms with Crippen LogP contribution in [0.4, 0.5) is 19.3 Å². The molecule has 0 unspecified atom stereocenters. The molecule has 0 aliphatic carbocycles. The summed E-state index contributed by atoms with van der Waals surface area (Å²) in [4.78, 5) is 26.6. The molecule has 5 nitrogen and oxygen atoms in total. The number of hydrogen-bond acceptors (Lipinski definition) is 4. The number of nitrogens with one attached hydrogen (secondary N) is 1. The van der Waals surface area contributed by atoms with E-state index in [-0.39, 0.29) is 5.91 Å². The lowest BCUT2D eigenvalue weighted by Crippen LogP contribution is -2.45. The molecule has 1 aromatic rings. The van der Waals surface area contributed by atoms with Crippen molar-refractivity contribution in [3.63, 3.8) is 0 Å². The summed E-state index contributed by atoms with van der Waals surface area (Å²) in [5.41, 5.74) is -0.126. The summed E-state index contributed by atoms with van der Waals surface area (Å²) < 4.78 is 30.0. The lowest BCUT2D eigenvalue weighted by Gasteiger charge is -2.28. The molecule has 1 heterocycles. The van der Waals surface area contributed by atoms with Gasteiger partial charge < -0.3 is 10.1 Å². The third-order valence-electron chi connectivity index (χ3n) is 3.53. The van der Waals surface area contributed by atoms with Gasteiger partial charge in [0.15, 0.2) is 0 Å². The summed E-state index contributed by atoms with van der Waals surface area (Å²) in [6.07, 6.45) is 0.778. The fourth-order valence-corrected chi connectivity index (χ4v) is 3.02. The van der Waals surface area contributed by atoms with Crippen molar-refractivity contribution < 1.29 is 23.1 Å². The zero-order valence-corrected chi connectivity index (χ0v) is 15.2. The smallest absolute Gasteiger partial charge is 0.410 e. The number of alkyl halides is 2. The number of anilines is 1. The largest absolute Gasteiger partial charge is 0.444 e. The van der Waals surface area contributed by atoms with Crippen LogP contribution in [0.25, 0.3) is 0 Å². The first kappa shape index (κ1) is 19.5. The lowest BCUT2D eigenvalue weighted by atomic mass is 10.2. The quantitative estimate of drug-likeness (QED) is 0.799. The maximum absolute atomic E-state index is 12.5. The molecule has 1 saturated heterocycles. The highest BCUT2D eigenvalue weighted by Gasteiger charge is 2.36. The van der Waals surface area contributed by atoms with E-state index in [1.54, 1.807) is 32.9 Å². The van der Waals surface area contributed by atoms with Crippen LogP contribution < -0.4 is 5.32 Å². The molecule has 1 N–H and O–H groups in total. The number of carbonyl (C=O) groups is 2. The average molecular weight is 372 g/mol. The van der Waals surface area contributed by atoms with Gasteiger partial charge in [-0.1, -0.05) is 11.8 Å². The van der Waals surface area contributed by atoms with Crippen LogP contribution in [0.5, 0.6) is 0 Å². The van der Waals surface area contributed by atoms with Crippen molar-refractivity contribution in [3.05, 3.63) is 24.3 Å². The molecule has 2 amide bonds. The Balaban J connectivity index is 1.98. The summed E-state index contributed by atoms with van der Waals surface area (Å²) in [5, 5.41) is 2.73. The summed E-state index contributed by atoms with van der Waals surface area (Å²) in [5.74, 6) is -2.79. The summed E-state index contributed by atoms with van der Waals surface area (Å²) >= 11 is 0.445. The summed E-state index contributed by atoms with van der Waals surface area (Å²) in [7, 11) is 0. The van der Waals surface area contributed by atoms with Gasteiger partial charge in [0.1, 0.15) is 11.6 Å². The number of likely N-dealkylation sites (tertiary alicyclic amines) is 1. The molecule has 1 aliphatic heterocycles. The molecule has 0 aromatic heterocycles. The minimum Gasteiger partial charge on any atom is -0.444 e. The number of halogens is 2.